The van der Waals surface area contributed by atoms with E-state index in [0.29, 0.717) is 49.1 Å². The molecule has 1 fully saturated rings. The van der Waals surface area contributed by atoms with Crippen LogP contribution in [-0.2, 0) is 24.3 Å². The summed E-state index contributed by atoms with van der Waals surface area (Å²) < 4.78 is 40.0. The van der Waals surface area contributed by atoms with E-state index in [1.165, 1.54) is 6.07 Å². The Kier molecular flexibility index (Phi) is 10.5. The predicted octanol–water partition coefficient (Wildman–Crippen LogP) is 3.85. The number of nitrogens with two attached hydrogens (primary N) is 1. The van der Waals surface area contributed by atoms with Crippen LogP contribution in [0.2, 0.25) is 0 Å². The highest BCUT2D eigenvalue weighted by atomic mass is 32.2. The number of ether oxygens (including phenoxy) is 2. The van der Waals surface area contributed by atoms with Crippen LogP contribution in [0.25, 0.3) is 10.9 Å². The van der Waals surface area contributed by atoms with Crippen molar-refractivity contribution in [3.8, 4) is 5.88 Å². The molecule has 0 bridgehead atoms. The normalized spacial score (nSPS) is 18.8. The van der Waals surface area contributed by atoms with Crippen LogP contribution < -0.4 is 20.5 Å². The van der Waals surface area contributed by atoms with Crippen LogP contribution >= 0.6 is 0 Å². The van der Waals surface area contributed by atoms with E-state index in [0.717, 1.165) is 5.56 Å². The second-order valence-corrected chi connectivity index (χ2v) is 12.7. The van der Waals surface area contributed by atoms with Gasteiger partial charge in [0.15, 0.2) is 0 Å². The highest BCUT2D eigenvalue weighted by Crippen LogP contribution is 2.28. The molecule has 1 aliphatic rings. The SMILES string of the molecule is CCOc1ccc2cc(S(=O)(=O)NC3CCC(C(=O)N[C@H](COC(=O)C(N)C(C)C)c4ccccc4)CC3)ccc2n1. The molecule has 10 nitrogen and oxygen atoms in total. The maximum Gasteiger partial charge on any atom is 0.323 e. The molecule has 1 unspecified atom stereocenters. The lowest BCUT2D eigenvalue weighted by Gasteiger charge is -2.30. The Morgan fingerprint density at radius 2 is 1.74 bits per heavy atom. The molecule has 0 radical (unpaired) electrons. The zero-order chi connectivity index (χ0) is 30.3. The van der Waals surface area contributed by atoms with E-state index in [1.54, 1.807) is 24.3 Å². The van der Waals surface area contributed by atoms with Crippen molar-refractivity contribution >= 4 is 32.8 Å². The maximum absolute atomic E-state index is 13.2. The van der Waals surface area contributed by atoms with Gasteiger partial charge in [-0.05, 0) is 68.4 Å². The Labute approximate surface area is 247 Å². The van der Waals surface area contributed by atoms with Gasteiger partial charge in [-0.2, -0.15) is 0 Å². The Balaban J connectivity index is 1.34. The summed E-state index contributed by atoms with van der Waals surface area (Å²) in [5.74, 6) is -0.515. The van der Waals surface area contributed by atoms with Gasteiger partial charge in [0.2, 0.25) is 21.8 Å². The van der Waals surface area contributed by atoms with Crippen molar-refractivity contribution in [1.82, 2.24) is 15.0 Å². The van der Waals surface area contributed by atoms with Gasteiger partial charge in [-0.15, -0.1) is 0 Å². The molecule has 4 rings (SSSR count). The van der Waals surface area contributed by atoms with Gasteiger partial charge < -0.3 is 20.5 Å². The molecule has 1 heterocycles. The van der Waals surface area contributed by atoms with Crippen molar-refractivity contribution in [2.75, 3.05) is 13.2 Å². The van der Waals surface area contributed by atoms with Gasteiger partial charge in [0.1, 0.15) is 12.6 Å². The number of pyridine rings is 1. The molecule has 1 aromatic heterocycles. The molecule has 0 spiro atoms. The van der Waals surface area contributed by atoms with E-state index in [-0.39, 0.29) is 35.3 Å². The molecule has 226 valence electrons. The minimum atomic E-state index is -3.76. The van der Waals surface area contributed by atoms with Gasteiger partial charge in [-0.25, -0.2) is 18.1 Å². The predicted molar refractivity (Wildman–Crippen MR) is 160 cm³/mol. The number of nitrogens with one attached hydrogen (secondary N) is 2. The molecule has 11 heteroatoms. The van der Waals surface area contributed by atoms with Crippen LogP contribution in [0, 0.1) is 11.8 Å². The fourth-order valence-corrected chi connectivity index (χ4v) is 6.31. The first-order valence-electron chi connectivity index (χ1n) is 14.4. The highest BCUT2D eigenvalue weighted by molar-refractivity contribution is 7.89. The van der Waals surface area contributed by atoms with Gasteiger partial charge >= 0.3 is 5.97 Å². The summed E-state index contributed by atoms with van der Waals surface area (Å²) in [6, 6.07) is 16.1. The van der Waals surface area contributed by atoms with Gasteiger partial charge in [0, 0.05) is 23.4 Å². The van der Waals surface area contributed by atoms with Crippen molar-refractivity contribution in [2.45, 2.75) is 69.5 Å². The van der Waals surface area contributed by atoms with Crippen LogP contribution in [0.3, 0.4) is 0 Å². The molecular weight excluding hydrogens is 556 g/mol. The van der Waals surface area contributed by atoms with Gasteiger partial charge in [-0.3, -0.25) is 9.59 Å². The summed E-state index contributed by atoms with van der Waals surface area (Å²) in [7, 11) is -3.76. The Hall–Kier alpha value is -3.54. The van der Waals surface area contributed by atoms with Gasteiger partial charge in [0.25, 0.3) is 0 Å². The van der Waals surface area contributed by atoms with Crippen LogP contribution in [0.4, 0.5) is 0 Å². The second kappa shape index (κ2) is 14.1. The van der Waals surface area contributed by atoms with Gasteiger partial charge in [-0.1, -0.05) is 44.2 Å². The van der Waals surface area contributed by atoms with E-state index in [1.807, 2.05) is 51.1 Å². The minimum absolute atomic E-state index is 0.0294. The number of hydrogen-bond acceptors (Lipinski definition) is 8. The number of sulfonamides is 1. The molecule has 0 aliphatic heterocycles. The quantitative estimate of drug-likeness (QED) is 0.267. The first-order chi connectivity index (χ1) is 20.1. The monoisotopic (exact) mass is 596 g/mol. The van der Waals surface area contributed by atoms with E-state index in [4.69, 9.17) is 15.2 Å². The Morgan fingerprint density at radius 3 is 2.40 bits per heavy atom. The molecular formula is C31H40N4O6S. The molecule has 42 heavy (non-hydrogen) atoms. The molecule has 1 aliphatic carbocycles. The van der Waals surface area contributed by atoms with Crippen molar-refractivity contribution in [3.05, 3.63) is 66.2 Å². The topological polar surface area (TPSA) is 150 Å². The Morgan fingerprint density at radius 1 is 1.02 bits per heavy atom. The second-order valence-electron chi connectivity index (χ2n) is 11.0. The average Bonchev–Trinajstić information content (AvgIpc) is 2.99. The molecule has 2 atom stereocenters. The minimum Gasteiger partial charge on any atom is -0.478 e. The standard InChI is InChI=1S/C31H40N4O6S/c1-4-40-28-17-12-23-18-25(15-16-26(23)33-28)42(38,39)35-24-13-10-22(11-14-24)30(36)34-27(21-8-6-5-7-9-21)19-41-31(37)29(32)20(2)3/h5-9,12,15-18,20,22,24,27,29,35H,4,10-11,13-14,19,32H2,1-3H3,(H,34,36)/t22?,24?,27-,29?/m1/s1. The lowest BCUT2D eigenvalue weighted by Crippen LogP contribution is -2.43. The number of carbonyl (C=O) groups excluding carboxylic acids is 2. The lowest BCUT2D eigenvalue weighted by atomic mass is 9.85. The largest absolute Gasteiger partial charge is 0.478 e. The molecule has 1 amide bonds. The van der Waals surface area contributed by atoms with Crippen LogP contribution in [0.1, 0.15) is 58.1 Å². The van der Waals surface area contributed by atoms with Crippen molar-refractivity contribution in [2.24, 2.45) is 17.6 Å². The van der Waals surface area contributed by atoms with E-state index in [2.05, 4.69) is 15.0 Å². The molecule has 3 aromatic rings. The summed E-state index contributed by atoms with van der Waals surface area (Å²) in [6.45, 7) is 6.03. The van der Waals surface area contributed by atoms with Crippen LogP contribution in [-0.4, -0.2) is 50.6 Å². The third kappa shape index (κ3) is 8.05. The number of nitrogens with zero attached hydrogens (tertiary/aromatic N) is 1. The zero-order valence-electron chi connectivity index (χ0n) is 24.3. The third-order valence-corrected chi connectivity index (χ3v) is 9.08. The zero-order valence-corrected chi connectivity index (χ0v) is 25.1. The first-order valence-corrected chi connectivity index (χ1v) is 15.9. The fourth-order valence-electron chi connectivity index (χ4n) is 4.97. The summed E-state index contributed by atoms with van der Waals surface area (Å²) in [6.07, 6.45) is 2.11. The highest BCUT2D eigenvalue weighted by Gasteiger charge is 2.31. The number of fused-ring (bicyclic) bond motifs is 1. The molecule has 1 saturated carbocycles. The molecule has 0 saturated heterocycles. The number of benzene rings is 2. The van der Waals surface area contributed by atoms with Gasteiger partial charge in [0.05, 0.1) is 23.1 Å². The molecule has 4 N–H and O–H groups in total. The Bertz CT molecular complexity index is 1470. The number of aromatic nitrogens is 1. The number of carbonyl (C=O) groups is 2. The number of rotatable bonds is 12. The fraction of sp³-hybridized carbons (Fsp3) is 0.452. The number of esters is 1. The lowest BCUT2D eigenvalue weighted by molar-refractivity contribution is -0.147. The van der Waals surface area contributed by atoms with Crippen molar-refractivity contribution in [3.63, 3.8) is 0 Å². The summed E-state index contributed by atoms with van der Waals surface area (Å²) in [5.41, 5.74) is 7.39. The maximum atomic E-state index is 13.2. The third-order valence-electron chi connectivity index (χ3n) is 7.56. The molecule has 2 aromatic carbocycles. The summed E-state index contributed by atoms with van der Waals surface area (Å²) in [4.78, 5) is 30.1. The van der Waals surface area contributed by atoms with E-state index in [9.17, 15) is 18.0 Å². The van der Waals surface area contributed by atoms with Crippen molar-refractivity contribution < 1.29 is 27.5 Å². The smallest absolute Gasteiger partial charge is 0.323 e. The van der Waals surface area contributed by atoms with Crippen LogP contribution in [0.15, 0.2) is 65.6 Å². The van der Waals surface area contributed by atoms with Crippen molar-refractivity contribution in [1.29, 1.82) is 0 Å². The number of hydrogen-bond donors (Lipinski definition) is 3. The number of amides is 1. The van der Waals surface area contributed by atoms with E-state index < -0.39 is 28.1 Å². The summed E-state index contributed by atoms with van der Waals surface area (Å²) in [5, 5.41) is 3.73. The summed E-state index contributed by atoms with van der Waals surface area (Å²) >= 11 is 0. The van der Waals surface area contributed by atoms with Crippen LogP contribution in [0.5, 0.6) is 5.88 Å². The van der Waals surface area contributed by atoms with E-state index >= 15 is 0 Å². The first kappa shape index (κ1) is 31.4. The average molecular weight is 597 g/mol.